The lowest BCUT2D eigenvalue weighted by Crippen LogP contribution is -2.24. The molecule has 20 heavy (non-hydrogen) atoms. The highest BCUT2D eigenvalue weighted by molar-refractivity contribution is 5.39. The number of ether oxygens (including phenoxy) is 1. The summed E-state index contributed by atoms with van der Waals surface area (Å²) in [7, 11) is 1.73. The second kappa shape index (κ2) is 6.09. The fraction of sp³-hybridized carbons (Fsp3) is 0.438. The average molecular weight is 271 g/mol. The van der Waals surface area contributed by atoms with Gasteiger partial charge in [-0.1, -0.05) is 6.07 Å². The van der Waals surface area contributed by atoms with Gasteiger partial charge < -0.3 is 15.0 Å². The topological polar surface area (TPSA) is 49.9 Å². The molecule has 0 bridgehead atoms. The molecule has 0 fully saturated rings. The smallest absolute Gasteiger partial charge is 0.120 e. The van der Waals surface area contributed by atoms with Crippen molar-refractivity contribution >= 4 is 0 Å². The van der Waals surface area contributed by atoms with Gasteiger partial charge in [0, 0.05) is 18.9 Å². The number of methoxy groups -OCH3 is 1. The zero-order valence-corrected chi connectivity index (χ0v) is 11.9. The molecule has 2 N–H and O–H groups in total. The zero-order valence-electron chi connectivity index (χ0n) is 11.9. The molecule has 0 saturated heterocycles. The third-order valence-electron chi connectivity index (χ3n) is 4.03. The van der Waals surface area contributed by atoms with Crippen molar-refractivity contribution in [1.29, 1.82) is 0 Å². The number of H-pyrrole nitrogens is 1. The average Bonchev–Trinajstić information content (AvgIpc) is 3.00. The second-order valence-corrected chi connectivity index (χ2v) is 5.32. The largest absolute Gasteiger partial charge is 0.497 e. The number of nitrogens with one attached hydrogen (secondary N) is 2. The Morgan fingerprint density at radius 3 is 3.20 bits per heavy atom. The van der Waals surface area contributed by atoms with E-state index in [1.54, 1.807) is 13.3 Å². The van der Waals surface area contributed by atoms with E-state index in [0.717, 1.165) is 24.7 Å². The maximum atomic E-state index is 5.32. The number of nitrogens with zero attached hydrogens (tertiary/aromatic N) is 1. The SMILES string of the molecule is COc1ccc2c(c1)CCC[C@H]2CNCc1ncc[nH]1. The highest BCUT2D eigenvalue weighted by Crippen LogP contribution is 2.33. The maximum Gasteiger partial charge on any atom is 0.120 e. The summed E-state index contributed by atoms with van der Waals surface area (Å²) in [6.07, 6.45) is 7.33. The van der Waals surface area contributed by atoms with Gasteiger partial charge in [0.15, 0.2) is 0 Å². The Balaban J connectivity index is 1.64. The monoisotopic (exact) mass is 271 g/mol. The van der Waals surface area contributed by atoms with Gasteiger partial charge in [-0.2, -0.15) is 0 Å². The maximum absolute atomic E-state index is 5.32. The van der Waals surface area contributed by atoms with Crippen molar-refractivity contribution in [3.8, 4) is 5.75 Å². The minimum Gasteiger partial charge on any atom is -0.497 e. The first-order valence-corrected chi connectivity index (χ1v) is 7.22. The van der Waals surface area contributed by atoms with Crippen molar-refractivity contribution in [3.05, 3.63) is 47.5 Å². The van der Waals surface area contributed by atoms with E-state index in [1.807, 2.05) is 6.20 Å². The number of hydrogen-bond acceptors (Lipinski definition) is 3. The summed E-state index contributed by atoms with van der Waals surface area (Å²) < 4.78 is 5.32. The molecule has 106 valence electrons. The predicted molar refractivity (Wildman–Crippen MR) is 79.0 cm³/mol. The Bertz CT molecular complexity index is 551. The standard InChI is InChI=1S/C16H21N3O/c1-20-14-5-6-15-12(9-14)3-2-4-13(15)10-17-11-16-18-7-8-19-16/h5-9,13,17H,2-4,10-11H2,1H3,(H,18,19)/t13-/m0/s1. The summed E-state index contributed by atoms with van der Waals surface area (Å²) in [6.45, 7) is 1.80. The lowest BCUT2D eigenvalue weighted by molar-refractivity contribution is 0.412. The lowest BCUT2D eigenvalue weighted by atomic mass is 9.82. The van der Waals surface area contributed by atoms with E-state index in [0.29, 0.717) is 5.92 Å². The summed E-state index contributed by atoms with van der Waals surface area (Å²) in [5.74, 6) is 2.56. The van der Waals surface area contributed by atoms with Gasteiger partial charge in [-0.15, -0.1) is 0 Å². The zero-order chi connectivity index (χ0) is 13.8. The Morgan fingerprint density at radius 1 is 1.45 bits per heavy atom. The number of aryl methyl sites for hydroxylation is 1. The van der Waals surface area contributed by atoms with Crippen molar-refractivity contribution in [2.75, 3.05) is 13.7 Å². The van der Waals surface area contributed by atoms with Crippen LogP contribution in [0.1, 0.15) is 35.7 Å². The molecule has 1 aromatic heterocycles. The van der Waals surface area contributed by atoms with E-state index in [1.165, 1.54) is 30.4 Å². The van der Waals surface area contributed by atoms with Gasteiger partial charge in [-0.25, -0.2) is 4.98 Å². The van der Waals surface area contributed by atoms with Crippen molar-refractivity contribution in [2.45, 2.75) is 31.7 Å². The summed E-state index contributed by atoms with van der Waals surface area (Å²) in [5, 5.41) is 3.50. The van der Waals surface area contributed by atoms with Crippen molar-refractivity contribution in [1.82, 2.24) is 15.3 Å². The molecule has 4 nitrogen and oxygen atoms in total. The molecule has 0 amide bonds. The molecule has 1 aromatic carbocycles. The van der Waals surface area contributed by atoms with Crippen LogP contribution in [0.25, 0.3) is 0 Å². The summed E-state index contributed by atoms with van der Waals surface area (Å²) >= 11 is 0. The number of aromatic nitrogens is 2. The Hall–Kier alpha value is -1.81. The van der Waals surface area contributed by atoms with E-state index in [-0.39, 0.29) is 0 Å². The normalized spacial score (nSPS) is 17.8. The molecule has 1 heterocycles. The molecule has 2 aromatic rings. The van der Waals surface area contributed by atoms with Gasteiger partial charge >= 0.3 is 0 Å². The Kier molecular flexibility index (Phi) is 4.02. The molecule has 1 aliphatic carbocycles. The highest BCUT2D eigenvalue weighted by atomic mass is 16.5. The summed E-state index contributed by atoms with van der Waals surface area (Å²) in [4.78, 5) is 7.35. The van der Waals surface area contributed by atoms with Crippen LogP contribution in [0.4, 0.5) is 0 Å². The molecule has 0 spiro atoms. The van der Waals surface area contributed by atoms with Gasteiger partial charge in [-0.05, 0) is 48.4 Å². The van der Waals surface area contributed by atoms with E-state index in [9.17, 15) is 0 Å². The summed E-state index contributed by atoms with van der Waals surface area (Å²) in [6, 6.07) is 6.49. The summed E-state index contributed by atoms with van der Waals surface area (Å²) in [5.41, 5.74) is 2.92. The van der Waals surface area contributed by atoms with Crippen LogP contribution < -0.4 is 10.1 Å². The van der Waals surface area contributed by atoms with Crippen molar-refractivity contribution in [3.63, 3.8) is 0 Å². The first kappa shape index (κ1) is 13.2. The first-order valence-electron chi connectivity index (χ1n) is 7.22. The molecule has 0 unspecified atom stereocenters. The predicted octanol–water partition coefficient (Wildman–Crippen LogP) is 2.63. The van der Waals surface area contributed by atoms with Crippen molar-refractivity contribution < 1.29 is 4.74 Å². The fourth-order valence-electron chi connectivity index (χ4n) is 2.99. The number of fused-ring (bicyclic) bond motifs is 1. The van der Waals surface area contributed by atoms with E-state index < -0.39 is 0 Å². The molecule has 0 radical (unpaired) electrons. The first-order chi connectivity index (χ1) is 9.86. The van der Waals surface area contributed by atoms with Gasteiger partial charge in [-0.3, -0.25) is 0 Å². The van der Waals surface area contributed by atoms with Crippen LogP contribution in [0.15, 0.2) is 30.6 Å². The second-order valence-electron chi connectivity index (χ2n) is 5.32. The lowest BCUT2D eigenvalue weighted by Gasteiger charge is -2.26. The molecule has 1 atom stereocenters. The number of imidazole rings is 1. The van der Waals surface area contributed by atoms with Crippen molar-refractivity contribution in [2.24, 2.45) is 0 Å². The minimum atomic E-state index is 0.597. The number of benzene rings is 1. The number of rotatable bonds is 5. The molecule has 1 aliphatic rings. The Morgan fingerprint density at radius 2 is 2.40 bits per heavy atom. The van der Waals surface area contributed by atoms with Crippen LogP contribution in [0.5, 0.6) is 5.75 Å². The van der Waals surface area contributed by atoms with E-state index in [4.69, 9.17) is 4.74 Å². The van der Waals surface area contributed by atoms with Crippen LogP contribution in [-0.4, -0.2) is 23.6 Å². The van der Waals surface area contributed by atoms with Gasteiger partial charge in [0.05, 0.1) is 13.7 Å². The molecule has 4 heteroatoms. The van der Waals surface area contributed by atoms with Crippen LogP contribution in [0.2, 0.25) is 0 Å². The Labute approximate surface area is 119 Å². The van der Waals surface area contributed by atoms with Crippen LogP contribution in [-0.2, 0) is 13.0 Å². The number of hydrogen-bond donors (Lipinski definition) is 2. The molecule has 0 saturated carbocycles. The van der Waals surface area contributed by atoms with Crippen LogP contribution in [0.3, 0.4) is 0 Å². The molecular weight excluding hydrogens is 250 g/mol. The molecule has 3 rings (SSSR count). The number of aromatic amines is 1. The van der Waals surface area contributed by atoms with Crippen LogP contribution >= 0.6 is 0 Å². The van der Waals surface area contributed by atoms with Gasteiger partial charge in [0.1, 0.15) is 11.6 Å². The third kappa shape index (κ3) is 2.85. The minimum absolute atomic E-state index is 0.597. The van der Waals surface area contributed by atoms with Gasteiger partial charge in [0.25, 0.3) is 0 Å². The van der Waals surface area contributed by atoms with E-state index in [2.05, 4.69) is 33.5 Å². The fourth-order valence-corrected chi connectivity index (χ4v) is 2.99. The highest BCUT2D eigenvalue weighted by Gasteiger charge is 2.20. The quantitative estimate of drug-likeness (QED) is 0.879. The third-order valence-corrected chi connectivity index (χ3v) is 4.03. The van der Waals surface area contributed by atoms with E-state index >= 15 is 0 Å². The molecule has 0 aliphatic heterocycles. The molecular formula is C16H21N3O. The van der Waals surface area contributed by atoms with Crippen LogP contribution in [0, 0.1) is 0 Å². The van der Waals surface area contributed by atoms with Gasteiger partial charge in [0.2, 0.25) is 0 Å².